The first-order chi connectivity index (χ1) is 10.6. The molecule has 0 aliphatic carbocycles. The van der Waals surface area contributed by atoms with Crippen LogP contribution in [-0.2, 0) is 14.3 Å². The highest BCUT2D eigenvalue weighted by molar-refractivity contribution is 5.89. The van der Waals surface area contributed by atoms with E-state index in [1.807, 2.05) is 0 Å². The highest BCUT2D eigenvalue weighted by Crippen LogP contribution is 2.23. The highest BCUT2D eigenvalue weighted by atomic mass is 16.6. The molecule has 2 aromatic rings. The Morgan fingerprint density at radius 2 is 1.50 bits per heavy atom. The van der Waals surface area contributed by atoms with Gasteiger partial charge in [-0.15, -0.1) is 0 Å². The van der Waals surface area contributed by atoms with Crippen LogP contribution in [0.2, 0.25) is 0 Å². The van der Waals surface area contributed by atoms with Crippen LogP contribution in [0, 0.1) is 0 Å². The molecule has 0 aliphatic heterocycles. The Balaban J connectivity index is 2.25. The number of aliphatic hydroxyl groups excluding tert-OH is 1. The molecule has 0 aromatic heterocycles. The van der Waals surface area contributed by atoms with E-state index in [1.165, 1.54) is 0 Å². The van der Waals surface area contributed by atoms with Crippen molar-refractivity contribution in [3.63, 3.8) is 0 Å². The molecule has 0 amide bonds. The van der Waals surface area contributed by atoms with Crippen molar-refractivity contribution in [2.75, 3.05) is 7.11 Å². The third-order valence-electron chi connectivity index (χ3n) is 3.10. The van der Waals surface area contributed by atoms with Crippen molar-refractivity contribution in [1.29, 1.82) is 0 Å². The Labute approximate surface area is 128 Å². The van der Waals surface area contributed by atoms with Gasteiger partial charge in [0.1, 0.15) is 0 Å². The standard InChI is InChI=1S/C17H16O5/c1-21-17(20)14(18)15(12-8-4-2-5-9-12)22-16(19)13-10-6-3-7-11-13/h2-11,14-15,18H,1H3/t14-,15+/m0/s1. The van der Waals surface area contributed by atoms with Crippen LogP contribution in [0.15, 0.2) is 60.7 Å². The van der Waals surface area contributed by atoms with E-state index in [2.05, 4.69) is 4.74 Å². The van der Waals surface area contributed by atoms with E-state index >= 15 is 0 Å². The number of hydrogen-bond acceptors (Lipinski definition) is 5. The number of hydrogen-bond donors (Lipinski definition) is 1. The summed E-state index contributed by atoms with van der Waals surface area (Å²) in [6.07, 6.45) is -2.73. The van der Waals surface area contributed by atoms with Crippen LogP contribution >= 0.6 is 0 Å². The molecule has 5 heteroatoms. The molecule has 0 fully saturated rings. The molecule has 0 aliphatic rings. The number of methoxy groups -OCH3 is 1. The summed E-state index contributed by atoms with van der Waals surface area (Å²) in [7, 11) is 1.16. The first-order valence-corrected chi connectivity index (χ1v) is 6.70. The topological polar surface area (TPSA) is 72.8 Å². The SMILES string of the molecule is COC(=O)[C@@H](O)[C@H](OC(=O)c1ccccc1)c1ccccc1. The lowest BCUT2D eigenvalue weighted by atomic mass is 10.0. The summed E-state index contributed by atoms with van der Waals surface area (Å²) in [6, 6.07) is 16.9. The zero-order valence-electron chi connectivity index (χ0n) is 12.0. The molecule has 1 N–H and O–H groups in total. The third kappa shape index (κ3) is 3.71. The van der Waals surface area contributed by atoms with E-state index in [9.17, 15) is 14.7 Å². The van der Waals surface area contributed by atoms with Gasteiger partial charge >= 0.3 is 11.9 Å². The minimum Gasteiger partial charge on any atom is -0.467 e. The predicted molar refractivity (Wildman–Crippen MR) is 79.1 cm³/mol. The van der Waals surface area contributed by atoms with E-state index < -0.39 is 24.1 Å². The Bertz CT molecular complexity index is 624. The molecule has 0 bridgehead atoms. The quantitative estimate of drug-likeness (QED) is 0.856. The van der Waals surface area contributed by atoms with E-state index in [4.69, 9.17) is 4.74 Å². The number of carbonyl (C=O) groups is 2. The van der Waals surface area contributed by atoms with Gasteiger partial charge in [-0.25, -0.2) is 9.59 Å². The number of ether oxygens (including phenoxy) is 2. The van der Waals surface area contributed by atoms with Crippen LogP contribution < -0.4 is 0 Å². The van der Waals surface area contributed by atoms with Crippen LogP contribution in [-0.4, -0.2) is 30.3 Å². The van der Waals surface area contributed by atoms with Crippen LogP contribution in [0.25, 0.3) is 0 Å². The largest absolute Gasteiger partial charge is 0.467 e. The van der Waals surface area contributed by atoms with Crippen molar-refractivity contribution >= 4 is 11.9 Å². The fourth-order valence-corrected chi connectivity index (χ4v) is 1.96. The zero-order chi connectivity index (χ0) is 15.9. The first-order valence-electron chi connectivity index (χ1n) is 6.70. The summed E-state index contributed by atoms with van der Waals surface area (Å²) in [5.74, 6) is -1.49. The van der Waals surface area contributed by atoms with E-state index in [0.717, 1.165) is 7.11 Å². The van der Waals surface area contributed by atoms with Crippen molar-refractivity contribution in [3.05, 3.63) is 71.8 Å². The normalized spacial score (nSPS) is 13.0. The Morgan fingerprint density at radius 1 is 0.955 bits per heavy atom. The Morgan fingerprint density at radius 3 is 2.05 bits per heavy atom. The first kappa shape index (κ1) is 15.7. The van der Waals surface area contributed by atoms with Gasteiger partial charge in [-0.3, -0.25) is 0 Å². The summed E-state index contributed by atoms with van der Waals surface area (Å²) in [6.45, 7) is 0. The van der Waals surface area contributed by atoms with Crippen molar-refractivity contribution in [3.8, 4) is 0 Å². The molecule has 2 rings (SSSR count). The fourth-order valence-electron chi connectivity index (χ4n) is 1.96. The van der Waals surface area contributed by atoms with E-state index in [1.54, 1.807) is 60.7 Å². The molecule has 0 saturated heterocycles. The lowest BCUT2D eigenvalue weighted by Crippen LogP contribution is -2.32. The summed E-state index contributed by atoms with van der Waals surface area (Å²) in [5.41, 5.74) is 0.838. The van der Waals surface area contributed by atoms with Crippen LogP contribution in [0.1, 0.15) is 22.0 Å². The third-order valence-corrected chi connectivity index (χ3v) is 3.10. The summed E-state index contributed by atoms with van der Waals surface area (Å²) >= 11 is 0. The Hall–Kier alpha value is -2.66. The van der Waals surface area contributed by atoms with Gasteiger partial charge in [0.25, 0.3) is 0 Å². The van der Waals surface area contributed by atoms with Gasteiger partial charge in [-0.05, 0) is 17.7 Å². The molecule has 2 atom stereocenters. The van der Waals surface area contributed by atoms with Crippen LogP contribution in [0.5, 0.6) is 0 Å². The second-order valence-electron chi connectivity index (χ2n) is 4.57. The van der Waals surface area contributed by atoms with Gasteiger partial charge in [-0.2, -0.15) is 0 Å². The number of benzene rings is 2. The highest BCUT2D eigenvalue weighted by Gasteiger charge is 2.32. The maximum atomic E-state index is 12.2. The van der Waals surface area contributed by atoms with Gasteiger partial charge in [0, 0.05) is 0 Å². The second kappa shape index (κ2) is 7.38. The fraction of sp³-hybridized carbons (Fsp3) is 0.176. The number of aliphatic hydroxyl groups is 1. The van der Waals surface area contributed by atoms with Gasteiger partial charge in [0.2, 0.25) is 0 Å². The minimum absolute atomic E-state index is 0.334. The molecule has 0 radical (unpaired) electrons. The lowest BCUT2D eigenvalue weighted by molar-refractivity contribution is -0.157. The molecule has 0 heterocycles. The van der Waals surface area contributed by atoms with Crippen molar-refractivity contribution < 1.29 is 24.2 Å². The number of esters is 2. The molecular weight excluding hydrogens is 284 g/mol. The molecule has 5 nitrogen and oxygen atoms in total. The molecule has 114 valence electrons. The smallest absolute Gasteiger partial charge is 0.339 e. The average molecular weight is 300 g/mol. The zero-order valence-corrected chi connectivity index (χ0v) is 12.0. The molecular formula is C17H16O5. The molecule has 22 heavy (non-hydrogen) atoms. The minimum atomic E-state index is -1.60. The maximum Gasteiger partial charge on any atom is 0.339 e. The summed E-state index contributed by atoms with van der Waals surface area (Å²) in [4.78, 5) is 23.7. The monoisotopic (exact) mass is 300 g/mol. The summed E-state index contributed by atoms with van der Waals surface area (Å²) < 4.78 is 9.84. The van der Waals surface area contributed by atoms with Gasteiger partial charge in [0.05, 0.1) is 12.7 Å². The molecule has 0 spiro atoms. The molecule has 0 unspecified atom stereocenters. The van der Waals surface area contributed by atoms with Gasteiger partial charge in [-0.1, -0.05) is 48.5 Å². The van der Waals surface area contributed by atoms with Gasteiger partial charge in [0.15, 0.2) is 12.2 Å². The summed E-state index contributed by atoms with van der Waals surface area (Å²) in [5, 5.41) is 10.1. The number of rotatable bonds is 5. The second-order valence-corrected chi connectivity index (χ2v) is 4.57. The van der Waals surface area contributed by atoms with Crippen molar-refractivity contribution in [2.45, 2.75) is 12.2 Å². The maximum absolute atomic E-state index is 12.2. The Kier molecular flexibility index (Phi) is 5.27. The predicted octanol–water partition coefficient (Wildman–Crippen LogP) is 2.12. The van der Waals surface area contributed by atoms with Gasteiger partial charge < -0.3 is 14.6 Å². The van der Waals surface area contributed by atoms with Crippen molar-refractivity contribution in [1.82, 2.24) is 0 Å². The van der Waals surface area contributed by atoms with Crippen molar-refractivity contribution in [2.24, 2.45) is 0 Å². The van der Waals surface area contributed by atoms with E-state index in [0.29, 0.717) is 11.1 Å². The average Bonchev–Trinajstić information content (AvgIpc) is 2.59. The van der Waals surface area contributed by atoms with Crippen LogP contribution in [0.4, 0.5) is 0 Å². The number of carbonyl (C=O) groups excluding carboxylic acids is 2. The van der Waals surface area contributed by atoms with E-state index in [-0.39, 0.29) is 0 Å². The molecule has 2 aromatic carbocycles. The lowest BCUT2D eigenvalue weighted by Gasteiger charge is -2.22. The molecule has 0 saturated carbocycles. The van der Waals surface area contributed by atoms with Crippen LogP contribution in [0.3, 0.4) is 0 Å².